The molecule has 2 aromatic carbocycles. The Balaban J connectivity index is 1.08. The number of ether oxygens (including phenoxy) is 2. The molecule has 9 rings (SSSR count). The topological polar surface area (TPSA) is 130 Å². The lowest BCUT2D eigenvalue weighted by molar-refractivity contribution is -0.157. The number of esters is 1. The Hall–Kier alpha value is -5.74. The number of fused-ring (bicyclic) bond motifs is 8. The number of carbonyl (C=O) groups excluding carboxylic acids is 4. The maximum Gasteiger partial charge on any atom is 0.406 e. The van der Waals surface area contributed by atoms with Crippen molar-refractivity contribution in [1.29, 1.82) is 0 Å². The lowest BCUT2D eigenvalue weighted by Crippen LogP contribution is -2.57. The van der Waals surface area contributed by atoms with Gasteiger partial charge in [-0.1, -0.05) is 51.8 Å². The van der Waals surface area contributed by atoms with Crippen LogP contribution in [0.4, 0.5) is 22.0 Å². The first kappa shape index (κ1) is 55.0. The molecule has 18 heteroatoms. The van der Waals surface area contributed by atoms with Crippen molar-refractivity contribution in [1.82, 2.24) is 34.7 Å². The van der Waals surface area contributed by atoms with Crippen molar-refractivity contribution in [2.75, 3.05) is 60.0 Å². The van der Waals surface area contributed by atoms with Gasteiger partial charge in [-0.05, 0) is 123 Å². The average molecular weight is 1060 g/mol. The van der Waals surface area contributed by atoms with Gasteiger partial charge >= 0.3 is 12.1 Å². The summed E-state index contributed by atoms with van der Waals surface area (Å²) >= 11 is 0. The number of likely N-dealkylation sites (tertiary alicyclic amines) is 2. The third-order valence-corrected chi connectivity index (χ3v) is 16.4. The molecule has 1 N–H and O–H groups in total. The molecule has 4 aliphatic heterocycles. The van der Waals surface area contributed by atoms with Crippen LogP contribution in [0.2, 0.25) is 0 Å². The molecule has 408 valence electrons. The van der Waals surface area contributed by atoms with Gasteiger partial charge in [0.05, 0.1) is 35.5 Å². The summed E-state index contributed by atoms with van der Waals surface area (Å²) in [4.78, 5) is 68.0. The Kier molecular flexibility index (Phi) is 15.6. The van der Waals surface area contributed by atoms with E-state index in [4.69, 9.17) is 9.47 Å². The van der Waals surface area contributed by atoms with Crippen LogP contribution < -0.4 is 5.43 Å². The minimum atomic E-state index is -4.65. The number of aromatic nitrogens is 2. The summed E-state index contributed by atoms with van der Waals surface area (Å²) in [6.07, 6.45) is -4.63. The van der Waals surface area contributed by atoms with Crippen LogP contribution in [0.1, 0.15) is 114 Å². The lowest BCUT2D eigenvalue weighted by Gasteiger charge is -2.42. The number of nitrogens with zero attached hydrogens (tertiary/aromatic N) is 6. The van der Waals surface area contributed by atoms with Gasteiger partial charge in [0.15, 0.2) is 5.78 Å². The highest BCUT2D eigenvalue weighted by molar-refractivity contribution is 5.97. The zero-order chi connectivity index (χ0) is 54.6. The fourth-order valence-electron chi connectivity index (χ4n) is 12.6. The number of rotatable bonds is 11. The molecule has 0 radical (unpaired) electrons. The molecule has 2 aromatic heterocycles. The predicted molar refractivity (Wildman–Crippen MR) is 278 cm³/mol. The van der Waals surface area contributed by atoms with Gasteiger partial charge in [-0.2, -0.15) is 13.2 Å². The van der Waals surface area contributed by atoms with Crippen LogP contribution in [0.15, 0.2) is 54.7 Å². The molecule has 76 heavy (non-hydrogen) atoms. The molecule has 5 aliphatic rings. The highest BCUT2D eigenvalue weighted by atomic mass is 19.4. The van der Waals surface area contributed by atoms with E-state index in [0.717, 1.165) is 25.9 Å². The number of carbonyl (C=O) groups is 4. The van der Waals surface area contributed by atoms with Crippen molar-refractivity contribution in [2.45, 2.75) is 129 Å². The summed E-state index contributed by atoms with van der Waals surface area (Å²) in [5.41, 5.74) is 4.40. The summed E-state index contributed by atoms with van der Waals surface area (Å²) in [7, 11) is 3.37. The predicted octanol–water partition coefficient (Wildman–Crippen LogP) is 9.14. The number of nitrogens with one attached hydrogen (secondary N) is 1. The van der Waals surface area contributed by atoms with Crippen molar-refractivity contribution in [2.24, 2.45) is 23.2 Å². The Labute approximate surface area is 441 Å². The molecule has 3 fully saturated rings. The molecule has 1 unspecified atom stereocenters. The monoisotopic (exact) mass is 1060 g/mol. The van der Waals surface area contributed by atoms with Crippen LogP contribution in [0.5, 0.6) is 0 Å². The van der Waals surface area contributed by atoms with Crippen LogP contribution in [-0.4, -0.2) is 137 Å². The zero-order valence-electron chi connectivity index (χ0n) is 44.7. The van der Waals surface area contributed by atoms with E-state index in [0.29, 0.717) is 71.4 Å². The molecule has 3 saturated heterocycles. The second kappa shape index (κ2) is 21.6. The number of pyridine rings is 1. The maximum atomic E-state index is 15.1. The standard InChI is InChI=1S/C58H70F5N7O6/c1-34(2)50(66(7)30-35-17-23-67(31-35)46(72)16-18-57(5,6)68-20-11-21-68)45(71)29-40-26-36-24-38(27-39(25-36)53(59)60)37-14-15-44-42(28-37)47-48(56(3,4)33-76-55(74)43-13-10-22-70(65-43)54(40)73)52(75-8)49-41(12-9-19-64-49)51(47)69(44)32-58(61,62)63/h9,12,14-15,19,24-25,27-28,34-35,40,43,48,50,52-53,65H,10-11,13,17,20-23,26,29-33H2,1-8H3/t35-,40-,43+,48?,50+,52+/m1/s1. The smallest absolute Gasteiger partial charge is 0.406 e. The van der Waals surface area contributed by atoms with Gasteiger partial charge in [0.1, 0.15) is 18.7 Å². The number of likely N-dealkylation sites (N-methyl/N-ethyl adjacent to an activating group) is 1. The molecule has 2 amide bonds. The fourth-order valence-corrected chi connectivity index (χ4v) is 12.6. The summed E-state index contributed by atoms with van der Waals surface area (Å²) in [5.74, 6) is 2.56. The van der Waals surface area contributed by atoms with E-state index in [1.54, 1.807) is 47.5 Å². The van der Waals surface area contributed by atoms with E-state index in [-0.39, 0.29) is 66.3 Å². The number of amides is 2. The Morgan fingerprint density at radius 1 is 1.00 bits per heavy atom. The number of hydrogen-bond acceptors (Lipinski definition) is 10. The van der Waals surface area contributed by atoms with Crippen LogP contribution in [0.25, 0.3) is 33.3 Å². The highest BCUT2D eigenvalue weighted by Gasteiger charge is 2.49. The average Bonchev–Trinajstić information content (AvgIpc) is 3.95. The van der Waals surface area contributed by atoms with Gasteiger partial charge in [0, 0.05) is 92.4 Å². The molecular formula is C58H70F5N7O6. The van der Waals surface area contributed by atoms with E-state index in [9.17, 15) is 27.6 Å². The largest absolute Gasteiger partial charge is 0.464 e. The number of ketones is 1. The van der Waals surface area contributed by atoms with Crippen molar-refractivity contribution < 1.29 is 50.6 Å². The Morgan fingerprint density at radius 2 is 1.76 bits per heavy atom. The SMILES string of the molecule is CO[C@@H]1c2ncccc2-c2c3c4cc(ccc4n2CC(F)(F)F)-c2cc(cc(C(F)F)c2)C[C@H](CC(=O)[C@H](C(C)C)N(C)C[C@H]2CCN(C(=O)C#CC(C)(C)N4CCC4)C2)C(=O)N2CCC[C@H](N2)C(=O)OCC(C)(C)C31. The number of benzene rings is 2. The maximum absolute atomic E-state index is 15.1. The van der Waals surface area contributed by atoms with E-state index in [1.165, 1.54) is 28.8 Å². The first-order valence-electron chi connectivity index (χ1n) is 26.6. The van der Waals surface area contributed by atoms with Crippen molar-refractivity contribution >= 4 is 34.5 Å². The van der Waals surface area contributed by atoms with E-state index >= 15 is 13.6 Å². The molecule has 6 bridgehead atoms. The highest BCUT2D eigenvalue weighted by Crippen LogP contribution is 2.57. The minimum absolute atomic E-state index is 0.0642. The van der Waals surface area contributed by atoms with Crippen LogP contribution >= 0.6 is 0 Å². The van der Waals surface area contributed by atoms with Crippen molar-refractivity contribution in [3.05, 3.63) is 77.1 Å². The van der Waals surface area contributed by atoms with Gasteiger partial charge in [-0.15, -0.1) is 0 Å². The number of hydrogen-bond donors (Lipinski definition) is 1. The summed E-state index contributed by atoms with van der Waals surface area (Å²) in [5, 5.41) is 1.79. The third kappa shape index (κ3) is 11.2. The lowest BCUT2D eigenvalue weighted by atomic mass is 9.67. The third-order valence-electron chi connectivity index (χ3n) is 16.4. The number of cyclic esters (lactones) is 1. The first-order chi connectivity index (χ1) is 35.9. The molecule has 1 aliphatic carbocycles. The molecule has 4 aromatic rings. The van der Waals surface area contributed by atoms with Gasteiger partial charge in [0.25, 0.3) is 12.3 Å². The minimum Gasteiger partial charge on any atom is -0.464 e. The Bertz CT molecular complexity index is 2940. The molecule has 0 spiro atoms. The number of alkyl halides is 5. The number of methoxy groups -OCH3 is 1. The van der Waals surface area contributed by atoms with E-state index < -0.39 is 72.0 Å². The van der Waals surface area contributed by atoms with Crippen molar-refractivity contribution in [3.8, 4) is 34.2 Å². The van der Waals surface area contributed by atoms with Crippen molar-refractivity contribution in [3.63, 3.8) is 0 Å². The summed E-state index contributed by atoms with van der Waals surface area (Å²) < 4.78 is 88.0. The van der Waals surface area contributed by atoms with Crippen LogP contribution in [-0.2, 0) is 41.6 Å². The van der Waals surface area contributed by atoms with E-state index in [1.807, 2.05) is 53.5 Å². The quantitative estimate of drug-likeness (QED) is 0.0883. The molecular weight excluding hydrogens is 986 g/mol. The summed E-state index contributed by atoms with van der Waals surface area (Å²) in [6, 6.07) is 11.1. The van der Waals surface area contributed by atoms with Gasteiger partial charge in [0.2, 0.25) is 5.91 Å². The zero-order valence-corrected chi connectivity index (χ0v) is 44.7. The summed E-state index contributed by atoms with van der Waals surface area (Å²) in [6.45, 7) is 13.7. The second-order valence-electron chi connectivity index (χ2n) is 23.2. The first-order valence-corrected chi connectivity index (χ1v) is 26.6. The normalized spacial score (nSPS) is 23.5. The number of halogens is 5. The second-order valence-corrected chi connectivity index (χ2v) is 23.2. The fraction of sp³-hybridized carbons (Fsp3) is 0.569. The van der Waals surface area contributed by atoms with Gasteiger partial charge in [-0.3, -0.25) is 39.0 Å². The Morgan fingerprint density at radius 3 is 2.45 bits per heavy atom. The molecule has 0 saturated carbocycles. The van der Waals surface area contributed by atoms with E-state index in [2.05, 4.69) is 27.2 Å². The molecule has 6 atom stereocenters. The van der Waals surface area contributed by atoms with Gasteiger partial charge in [-0.25, -0.2) is 14.2 Å². The molecule has 6 heterocycles. The van der Waals surface area contributed by atoms with Crippen LogP contribution in [0, 0.1) is 35.0 Å². The van der Waals surface area contributed by atoms with Gasteiger partial charge < -0.3 is 18.9 Å². The molecule has 13 nitrogen and oxygen atoms in total. The number of Topliss-reactive ketones (excluding diaryl/α,β-unsaturated/α-hetero) is 1. The number of hydrazine groups is 1. The van der Waals surface area contributed by atoms with Crippen LogP contribution in [0.3, 0.4) is 0 Å².